The van der Waals surface area contributed by atoms with E-state index >= 15 is 0 Å². The van der Waals surface area contributed by atoms with E-state index in [9.17, 15) is 19.2 Å². The summed E-state index contributed by atoms with van der Waals surface area (Å²) in [5.74, 6) is -4.05. The predicted octanol–water partition coefficient (Wildman–Crippen LogP) is 1.18. The van der Waals surface area contributed by atoms with Crippen LogP contribution in [0.5, 0.6) is 0 Å². The molecular formula is C10H10Cl4O7. The Morgan fingerprint density at radius 3 is 1.76 bits per heavy atom. The normalized spacial score (nSPS) is 12.0. The summed E-state index contributed by atoms with van der Waals surface area (Å²) in [5, 5.41) is 0. The van der Waals surface area contributed by atoms with Gasteiger partial charge in [0.25, 0.3) is 0 Å². The first-order chi connectivity index (χ1) is 9.65. The third-order valence-corrected chi connectivity index (χ3v) is 2.45. The summed E-state index contributed by atoms with van der Waals surface area (Å²) >= 11 is 21.1. The fourth-order valence-corrected chi connectivity index (χ4v) is 1.07. The predicted molar refractivity (Wildman–Crippen MR) is 73.5 cm³/mol. The van der Waals surface area contributed by atoms with Crippen molar-refractivity contribution in [1.29, 1.82) is 0 Å². The van der Waals surface area contributed by atoms with Gasteiger partial charge in [-0.1, -0.05) is 46.4 Å². The van der Waals surface area contributed by atoms with Gasteiger partial charge in [-0.25, -0.2) is 14.4 Å². The van der Waals surface area contributed by atoms with Crippen molar-refractivity contribution in [1.82, 2.24) is 0 Å². The summed E-state index contributed by atoms with van der Waals surface area (Å²) in [7, 11) is 0. The van der Waals surface area contributed by atoms with Crippen LogP contribution in [0.2, 0.25) is 0 Å². The molecule has 0 rings (SSSR count). The summed E-state index contributed by atoms with van der Waals surface area (Å²) < 4.78 is 13.8. The van der Waals surface area contributed by atoms with Crippen LogP contribution < -0.4 is 0 Å². The molecule has 1 unspecified atom stereocenters. The lowest BCUT2D eigenvalue weighted by atomic mass is 10.4. The third-order valence-electron chi connectivity index (χ3n) is 1.74. The molecule has 0 spiro atoms. The van der Waals surface area contributed by atoms with Crippen molar-refractivity contribution >= 4 is 70.1 Å². The van der Waals surface area contributed by atoms with E-state index in [1.165, 1.54) is 0 Å². The average molecular weight is 384 g/mol. The van der Waals surface area contributed by atoms with Gasteiger partial charge in [0.1, 0.15) is 13.2 Å². The van der Waals surface area contributed by atoms with Crippen LogP contribution in [0.15, 0.2) is 0 Å². The van der Waals surface area contributed by atoms with E-state index in [4.69, 9.17) is 51.1 Å². The lowest BCUT2D eigenvalue weighted by molar-refractivity contribution is -0.166. The van der Waals surface area contributed by atoms with E-state index < -0.39 is 52.7 Å². The van der Waals surface area contributed by atoms with Crippen molar-refractivity contribution in [2.45, 2.75) is 22.7 Å². The Labute approximate surface area is 139 Å². The molecule has 0 aliphatic carbocycles. The molecule has 0 amide bonds. The molecule has 0 fully saturated rings. The van der Waals surface area contributed by atoms with Crippen molar-refractivity contribution in [3.8, 4) is 0 Å². The van der Waals surface area contributed by atoms with Gasteiger partial charge in [0, 0.05) is 6.92 Å². The molecule has 0 aliphatic heterocycles. The molecular weight excluding hydrogens is 374 g/mol. The van der Waals surface area contributed by atoms with Crippen LogP contribution in [0, 0.1) is 0 Å². The molecule has 0 aromatic heterocycles. The second-order valence-corrected chi connectivity index (χ2v) is 5.64. The zero-order valence-corrected chi connectivity index (χ0v) is 13.5. The van der Waals surface area contributed by atoms with Gasteiger partial charge in [-0.2, -0.15) is 0 Å². The molecule has 0 aromatic rings. The number of carbonyl (C=O) groups excluding carboxylic acids is 4. The summed E-state index contributed by atoms with van der Waals surface area (Å²) in [6.45, 7) is -0.0815. The molecule has 120 valence electrons. The van der Waals surface area contributed by atoms with E-state index in [0.29, 0.717) is 0 Å². The Hall–Kier alpha value is -0.760. The Kier molecular flexibility index (Phi) is 9.68. The molecule has 0 saturated carbocycles. The zero-order valence-electron chi connectivity index (χ0n) is 10.5. The average Bonchev–Trinajstić information content (AvgIpc) is 2.40. The van der Waals surface area contributed by atoms with E-state index in [-0.39, 0.29) is 0 Å². The largest absolute Gasteiger partial charge is 0.460 e. The Bertz CT molecular complexity index is 410. The highest BCUT2D eigenvalue weighted by Crippen LogP contribution is 2.09. The number of alkyl halides is 4. The van der Waals surface area contributed by atoms with Crippen LogP contribution in [0.4, 0.5) is 0 Å². The number of ether oxygens (including phenoxy) is 3. The molecule has 0 radical (unpaired) electrons. The highest BCUT2D eigenvalue weighted by Gasteiger charge is 2.24. The highest BCUT2D eigenvalue weighted by atomic mass is 35.5. The van der Waals surface area contributed by atoms with Gasteiger partial charge in [-0.15, -0.1) is 0 Å². The van der Waals surface area contributed by atoms with Gasteiger partial charge in [0.15, 0.2) is 6.10 Å². The monoisotopic (exact) mass is 382 g/mol. The fourth-order valence-electron chi connectivity index (χ4n) is 0.840. The minimum absolute atomic E-state index is 0.522. The second kappa shape index (κ2) is 10.0. The van der Waals surface area contributed by atoms with Gasteiger partial charge in [0.05, 0.1) is 0 Å². The van der Waals surface area contributed by atoms with Crippen LogP contribution in [0.1, 0.15) is 6.92 Å². The summed E-state index contributed by atoms with van der Waals surface area (Å²) in [5.41, 5.74) is 0. The van der Waals surface area contributed by atoms with E-state index in [1.54, 1.807) is 0 Å². The van der Waals surface area contributed by atoms with Crippen molar-refractivity contribution < 1.29 is 33.4 Å². The first-order valence-electron chi connectivity index (χ1n) is 5.26. The lowest BCUT2D eigenvalue weighted by Gasteiger charge is -2.18. The Balaban J connectivity index is 4.54. The second-order valence-electron chi connectivity index (χ2n) is 3.44. The summed E-state index contributed by atoms with van der Waals surface area (Å²) in [6.07, 6.45) is -1.23. The van der Waals surface area contributed by atoms with E-state index in [2.05, 4.69) is 9.47 Å². The molecule has 0 aliphatic rings. The summed E-state index contributed by atoms with van der Waals surface area (Å²) in [6, 6.07) is 0. The minimum Gasteiger partial charge on any atom is -0.460 e. The van der Waals surface area contributed by atoms with E-state index in [0.717, 1.165) is 6.92 Å². The van der Waals surface area contributed by atoms with E-state index in [1.807, 2.05) is 0 Å². The number of Topliss-reactive ketones (excluding diaryl/α,β-unsaturated/α-hetero) is 1. The van der Waals surface area contributed by atoms with Gasteiger partial charge < -0.3 is 14.2 Å². The number of carbonyl (C=O) groups is 4. The quantitative estimate of drug-likeness (QED) is 0.268. The van der Waals surface area contributed by atoms with Crippen molar-refractivity contribution in [3.05, 3.63) is 0 Å². The lowest BCUT2D eigenvalue weighted by Crippen LogP contribution is -2.34. The molecule has 11 heteroatoms. The number of hydrogen-bond donors (Lipinski definition) is 0. The molecule has 0 heterocycles. The fraction of sp³-hybridized carbons (Fsp3) is 0.600. The standard InChI is InChI=1S/C10H10Cl4O7/c1-4(15)8(16)19-2-5(21-10(18)7(13)14)3-20-9(17)6(11)12/h5-7H,2-3H2,1H3. The van der Waals surface area contributed by atoms with Crippen LogP contribution in [0.25, 0.3) is 0 Å². The Morgan fingerprint density at radius 1 is 0.857 bits per heavy atom. The molecule has 7 nitrogen and oxygen atoms in total. The minimum atomic E-state index is -1.49. The van der Waals surface area contributed by atoms with Crippen molar-refractivity contribution in [2.75, 3.05) is 13.2 Å². The smallest absolute Gasteiger partial charge is 0.374 e. The SMILES string of the molecule is CC(=O)C(=O)OCC(COC(=O)C(Cl)Cl)OC(=O)C(Cl)Cl. The third kappa shape index (κ3) is 8.98. The van der Waals surface area contributed by atoms with Crippen LogP contribution in [-0.2, 0) is 33.4 Å². The molecule has 1 atom stereocenters. The Morgan fingerprint density at radius 2 is 1.33 bits per heavy atom. The maximum atomic E-state index is 11.2. The number of halogens is 4. The molecule has 0 aromatic carbocycles. The van der Waals surface area contributed by atoms with Gasteiger partial charge >= 0.3 is 17.9 Å². The number of ketones is 1. The zero-order chi connectivity index (χ0) is 16.6. The van der Waals surface area contributed by atoms with Crippen LogP contribution >= 0.6 is 46.4 Å². The maximum absolute atomic E-state index is 11.2. The highest BCUT2D eigenvalue weighted by molar-refractivity contribution is 6.53. The number of hydrogen-bond acceptors (Lipinski definition) is 7. The topological polar surface area (TPSA) is 96.0 Å². The van der Waals surface area contributed by atoms with Crippen molar-refractivity contribution in [3.63, 3.8) is 0 Å². The first-order valence-corrected chi connectivity index (χ1v) is 7.00. The number of rotatable bonds is 8. The van der Waals surface area contributed by atoms with Gasteiger partial charge in [-0.05, 0) is 0 Å². The molecule has 0 saturated heterocycles. The molecule has 0 N–H and O–H groups in total. The van der Waals surface area contributed by atoms with Gasteiger partial charge in [0.2, 0.25) is 15.5 Å². The number of esters is 3. The summed E-state index contributed by atoms with van der Waals surface area (Å²) in [4.78, 5) is 41.1. The first kappa shape index (κ1) is 20.2. The molecule has 0 bridgehead atoms. The molecule has 21 heavy (non-hydrogen) atoms. The van der Waals surface area contributed by atoms with Crippen molar-refractivity contribution in [2.24, 2.45) is 0 Å². The van der Waals surface area contributed by atoms with Crippen LogP contribution in [0.3, 0.4) is 0 Å². The van der Waals surface area contributed by atoms with Gasteiger partial charge in [-0.3, -0.25) is 4.79 Å². The van der Waals surface area contributed by atoms with Crippen LogP contribution in [-0.4, -0.2) is 52.7 Å². The maximum Gasteiger partial charge on any atom is 0.374 e.